The summed E-state index contributed by atoms with van der Waals surface area (Å²) in [6.07, 6.45) is 0.867. The first-order valence-corrected chi connectivity index (χ1v) is 9.12. The van der Waals surface area contributed by atoms with Gasteiger partial charge >= 0.3 is 0 Å². The Labute approximate surface area is 157 Å². The van der Waals surface area contributed by atoms with Gasteiger partial charge in [0.2, 0.25) is 5.91 Å². The summed E-state index contributed by atoms with van der Waals surface area (Å²) in [5.41, 5.74) is 2.21. The van der Waals surface area contributed by atoms with E-state index >= 15 is 0 Å². The summed E-state index contributed by atoms with van der Waals surface area (Å²) in [5.74, 6) is -1.02. The SMILES string of the molecule is C=C(CC)C1C(CCC(O)c2ccc(F)cc2)C(=O)N1c1ccc(F)cc1. The maximum atomic E-state index is 13.2. The smallest absolute Gasteiger partial charge is 0.233 e. The number of aliphatic hydroxyl groups excluding tert-OH is 1. The van der Waals surface area contributed by atoms with E-state index in [0.29, 0.717) is 24.1 Å². The van der Waals surface area contributed by atoms with Crippen molar-refractivity contribution >= 4 is 11.6 Å². The maximum Gasteiger partial charge on any atom is 0.233 e. The van der Waals surface area contributed by atoms with E-state index in [9.17, 15) is 18.7 Å². The number of hydrogen-bond donors (Lipinski definition) is 1. The van der Waals surface area contributed by atoms with Gasteiger partial charge in [0.1, 0.15) is 11.6 Å². The van der Waals surface area contributed by atoms with Gasteiger partial charge in [0.15, 0.2) is 0 Å². The second-order valence-electron chi connectivity index (χ2n) is 6.89. The van der Waals surface area contributed by atoms with Crippen LogP contribution in [0.5, 0.6) is 0 Å². The van der Waals surface area contributed by atoms with E-state index in [1.165, 1.54) is 24.3 Å². The Kier molecular flexibility index (Phi) is 5.71. The highest BCUT2D eigenvalue weighted by atomic mass is 19.1. The van der Waals surface area contributed by atoms with Crippen LogP contribution in [0.4, 0.5) is 14.5 Å². The number of amides is 1. The fraction of sp³-hybridized carbons (Fsp3) is 0.318. The van der Waals surface area contributed by atoms with Gasteiger partial charge in [0.05, 0.1) is 18.1 Å². The molecule has 3 unspecified atom stereocenters. The highest BCUT2D eigenvalue weighted by molar-refractivity contribution is 6.04. The largest absolute Gasteiger partial charge is 0.388 e. The fourth-order valence-corrected chi connectivity index (χ4v) is 3.58. The first-order chi connectivity index (χ1) is 12.9. The molecule has 3 nitrogen and oxygen atoms in total. The van der Waals surface area contributed by atoms with Gasteiger partial charge in [-0.3, -0.25) is 4.79 Å². The zero-order valence-corrected chi connectivity index (χ0v) is 15.2. The summed E-state index contributed by atoms with van der Waals surface area (Å²) >= 11 is 0. The molecule has 1 fully saturated rings. The van der Waals surface area contributed by atoms with Crippen LogP contribution < -0.4 is 4.90 Å². The molecule has 0 saturated carbocycles. The Morgan fingerprint density at radius 3 is 2.22 bits per heavy atom. The number of rotatable bonds is 7. The van der Waals surface area contributed by atoms with Gasteiger partial charge in [-0.15, -0.1) is 0 Å². The van der Waals surface area contributed by atoms with Gasteiger partial charge in [0, 0.05) is 5.69 Å². The van der Waals surface area contributed by atoms with E-state index in [4.69, 9.17) is 0 Å². The van der Waals surface area contributed by atoms with Crippen molar-refractivity contribution in [2.45, 2.75) is 38.3 Å². The predicted molar refractivity (Wildman–Crippen MR) is 101 cm³/mol. The molecule has 0 bridgehead atoms. The van der Waals surface area contributed by atoms with Crippen LogP contribution >= 0.6 is 0 Å². The van der Waals surface area contributed by atoms with Crippen LogP contribution in [0.3, 0.4) is 0 Å². The number of aliphatic hydroxyl groups is 1. The minimum absolute atomic E-state index is 0.0486. The van der Waals surface area contributed by atoms with Crippen LogP contribution in [0.2, 0.25) is 0 Å². The lowest BCUT2D eigenvalue weighted by Crippen LogP contribution is -2.62. The van der Waals surface area contributed by atoms with Crippen molar-refractivity contribution in [3.8, 4) is 0 Å². The van der Waals surface area contributed by atoms with Crippen LogP contribution in [0, 0.1) is 17.6 Å². The Bertz CT molecular complexity index is 817. The molecule has 27 heavy (non-hydrogen) atoms. The second kappa shape index (κ2) is 8.01. The number of nitrogens with zero attached hydrogens (tertiary/aromatic N) is 1. The Hall–Kier alpha value is -2.53. The molecule has 0 spiro atoms. The molecule has 1 heterocycles. The molecule has 1 N–H and O–H groups in total. The molecule has 2 aromatic carbocycles. The summed E-state index contributed by atoms with van der Waals surface area (Å²) in [6.45, 7) is 6.08. The Balaban J connectivity index is 1.71. The lowest BCUT2D eigenvalue weighted by Gasteiger charge is -2.48. The van der Waals surface area contributed by atoms with E-state index in [-0.39, 0.29) is 29.5 Å². The monoisotopic (exact) mass is 371 g/mol. The zero-order valence-electron chi connectivity index (χ0n) is 15.2. The second-order valence-corrected chi connectivity index (χ2v) is 6.89. The molecular formula is C22H23F2NO2. The van der Waals surface area contributed by atoms with Crippen molar-refractivity contribution in [3.63, 3.8) is 0 Å². The normalized spacial score (nSPS) is 20.3. The molecule has 3 atom stereocenters. The first-order valence-electron chi connectivity index (χ1n) is 9.12. The van der Waals surface area contributed by atoms with Crippen LogP contribution in [-0.2, 0) is 4.79 Å². The summed E-state index contributed by atoms with van der Waals surface area (Å²) < 4.78 is 26.2. The molecule has 2 aromatic rings. The number of β-lactam (4-membered cyclic amide) rings is 1. The molecule has 1 amide bonds. The summed E-state index contributed by atoms with van der Waals surface area (Å²) in [4.78, 5) is 14.4. The van der Waals surface area contributed by atoms with E-state index in [1.54, 1.807) is 29.2 Å². The van der Waals surface area contributed by atoms with Crippen LogP contribution in [0.15, 0.2) is 60.7 Å². The third-order valence-corrected chi connectivity index (χ3v) is 5.20. The summed E-state index contributed by atoms with van der Waals surface area (Å²) in [7, 11) is 0. The molecule has 142 valence electrons. The van der Waals surface area contributed by atoms with E-state index in [2.05, 4.69) is 6.58 Å². The molecule has 1 aliphatic rings. The van der Waals surface area contributed by atoms with E-state index in [1.807, 2.05) is 6.92 Å². The van der Waals surface area contributed by atoms with Crippen molar-refractivity contribution in [2.24, 2.45) is 5.92 Å². The van der Waals surface area contributed by atoms with Crippen molar-refractivity contribution in [2.75, 3.05) is 4.90 Å². The van der Waals surface area contributed by atoms with Gasteiger partial charge in [-0.1, -0.05) is 31.2 Å². The predicted octanol–water partition coefficient (Wildman–Crippen LogP) is 4.78. The lowest BCUT2D eigenvalue weighted by atomic mass is 9.77. The average Bonchev–Trinajstić information content (AvgIpc) is 2.67. The van der Waals surface area contributed by atoms with E-state index < -0.39 is 6.10 Å². The number of carbonyl (C=O) groups is 1. The molecule has 0 aliphatic carbocycles. The molecule has 0 aromatic heterocycles. The highest BCUT2D eigenvalue weighted by Crippen LogP contribution is 2.40. The first kappa shape index (κ1) is 19.2. The van der Waals surface area contributed by atoms with Gasteiger partial charge in [0.25, 0.3) is 0 Å². The summed E-state index contributed by atoms with van der Waals surface area (Å²) in [5, 5.41) is 10.4. The Morgan fingerprint density at radius 2 is 1.67 bits per heavy atom. The van der Waals surface area contributed by atoms with Crippen LogP contribution in [-0.4, -0.2) is 17.1 Å². The standard InChI is InChI=1S/C22H23F2NO2/c1-3-14(2)21-19(12-13-20(26)15-4-6-16(23)7-5-15)22(27)25(21)18-10-8-17(24)9-11-18/h4-11,19-21,26H,2-3,12-13H2,1H3. The van der Waals surface area contributed by atoms with Crippen molar-refractivity contribution in [1.82, 2.24) is 0 Å². The fourth-order valence-electron chi connectivity index (χ4n) is 3.58. The number of anilines is 1. The Morgan fingerprint density at radius 1 is 1.11 bits per heavy atom. The third-order valence-electron chi connectivity index (χ3n) is 5.20. The topological polar surface area (TPSA) is 40.5 Å². The van der Waals surface area contributed by atoms with E-state index in [0.717, 1.165) is 12.0 Å². The van der Waals surface area contributed by atoms with Crippen molar-refractivity contribution in [1.29, 1.82) is 0 Å². The molecule has 1 saturated heterocycles. The third kappa shape index (κ3) is 3.93. The number of benzene rings is 2. The molecule has 0 radical (unpaired) electrons. The van der Waals surface area contributed by atoms with Gasteiger partial charge in [-0.2, -0.15) is 0 Å². The minimum Gasteiger partial charge on any atom is -0.388 e. The number of halogens is 2. The summed E-state index contributed by atoms with van der Waals surface area (Å²) in [6, 6.07) is 11.4. The van der Waals surface area contributed by atoms with Crippen LogP contribution in [0.25, 0.3) is 0 Å². The maximum absolute atomic E-state index is 13.2. The quantitative estimate of drug-likeness (QED) is 0.562. The van der Waals surface area contributed by atoms with Crippen molar-refractivity contribution in [3.05, 3.63) is 77.9 Å². The van der Waals surface area contributed by atoms with Crippen molar-refractivity contribution < 1.29 is 18.7 Å². The van der Waals surface area contributed by atoms with Gasteiger partial charge in [-0.25, -0.2) is 8.78 Å². The number of carbonyl (C=O) groups excluding carboxylic acids is 1. The number of hydrogen-bond acceptors (Lipinski definition) is 2. The molecule has 5 heteroatoms. The zero-order chi connectivity index (χ0) is 19.6. The van der Waals surface area contributed by atoms with Gasteiger partial charge < -0.3 is 10.0 Å². The average molecular weight is 371 g/mol. The molecule has 3 rings (SSSR count). The minimum atomic E-state index is -0.756. The molecule has 1 aliphatic heterocycles. The lowest BCUT2D eigenvalue weighted by molar-refractivity contribution is -0.129. The van der Waals surface area contributed by atoms with Crippen LogP contribution in [0.1, 0.15) is 37.9 Å². The highest BCUT2D eigenvalue weighted by Gasteiger charge is 2.48. The molecular weight excluding hydrogens is 348 g/mol. The van der Waals surface area contributed by atoms with Gasteiger partial charge in [-0.05, 0) is 61.2 Å².